The van der Waals surface area contributed by atoms with Crippen molar-refractivity contribution in [1.82, 2.24) is 29.5 Å². The fourth-order valence-electron chi connectivity index (χ4n) is 17.0. The van der Waals surface area contributed by atoms with E-state index in [0.29, 0.717) is 23.3 Å². The predicted molar refractivity (Wildman–Crippen MR) is 488 cm³/mol. The maximum absolute atomic E-state index is 5.52. The van der Waals surface area contributed by atoms with Crippen molar-refractivity contribution in [1.29, 1.82) is 0 Å². The molecule has 3 aromatic heterocycles. The molecule has 19 rings (SSSR count). The van der Waals surface area contributed by atoms with Crippen LogP contribution in [0.15, 0.2) is 334 Å². The number of aromatic nitrogens is 6. The summed E-state index contributed by atoms with van der Waals surface area (Å²) in [5.41, 5.74) is 31.8. The van der Waals surface area contributed by atoms with Gasteiger partial charge in [0.05, 0.1) is 28.1 Å². The first kappa shape index (κ1) is 72.9. The number of nitrogens with zero attached hydrogens (tertiary/aromatic N) is 8. The van der Waals surface area contributed by atoms with Gasteiger partial charge in [-0.3, -0.25) is 0 Å². The topological polar surface area (TPSA) is 75.9 Å². The number of hydrogen-bond acceptors (Lipinski definition) is 7. The van der Waals surface area contributed by atoms with Crippen LogP contribution < -0.4 is 26.2 Å². The van der Waals surface area contributed by atoms with Gasteiger partial charge in [-0.05, 0) is 185 Å². The first-order valence-corrected chi connectivity index (χ1v) is 40.6. The Bertz CT molecular complexity index is 6300. The van der Waals surface area contributed by atoms with Crippen molar-refractivity contribution in [3.8, 4) is 107 Å². The highest BCUT2D eigenvalue weighted by molar-refractivity contribution is 7.00. The van der Waals surface area contributed by atoms with E-state index in [1.165, 1.54) is 49.8 Å². The van der Waals surface area contributed by atoms with Crippen molar-refractivity contribution in [2.75, 3.05) is 9.80 Å². The Labute approximate surface area is 681 Å². The predicted octanol–water partition coefficient (Wildman–Crippen LogP) is 26.0. The molecule has 0 unspecified atom stereocenters. The summed E-state index contributed by atoms with van der Waals surface area (Å²) in [6.45, 7) is 28.1. The molecule has 2 aliphatic rings. The summed E-state index contributed by atoms with van der Waals surface area (Å²) in [5, 5.41) is 2.20. The zero-order valence-corrected chi connectivity index (χ0v) is 67.9. The van der Waals surface area contributed by atoms with Gasteiger partial charge < -0.3 is 14.4 Å². The van der Waals surface area contributed by atoms with E-state index < -0.39 is 0 Å². The summed E-state index contributed by atoms with van der Waals surface area (Å²) in [4.78, 5) is 32.4. The van der Waals surface area contributed by atoms with Gasteiger partial charge in [0.2, 0.25) is 0 Å². The van der Waals surface area contributed by atoms with E-state index in [2.05, 4.69) is 383 Å². The Balaban J connectivity index is 0.894. The van der Waals surface area contributed by atoms with Crippen LogP contribution in [0.5, 0.6) is 0 Å². The van der Waals surface area contributed by atoms with Gasteiger partial charge in [-0.15, -0.1) is 0 Å². The molecule has 5 heterocycles. The Morgan fingerprint density at radius 3 is 1.03 bits per heavy atom. The number of hydrogen-bond donors (Lipinski definition) is 0. The molecule has 9 heteroatoms. The van der Waals surface area contributed by atoms with Crippen LogP contribution in [0.2, 0.25) is 0 Å². The van der Waals surface area contributed by atoms with Crippen molar-refractivity contribution in [2.24, 2.45) is 0 Å². The third-order valence-corrected chi connectivity index (χ3v) is 23.4. The van der Waals surface area contributed by atoms with Gasteiger partial charge in [-0.1, -0.05) is 326 Å². The second kappa shape index (κ2) is 28.3. The summed E-state index contributed by atoms with van der Waals surface area (Å²) in [6.07, 6.45) is 0. The molecule has 116 heavy (non-hydrogen) atoms. The average molecular weight is 1500 g/mol. The minimum absolute atomic E-state index is 0.162. The summed E-state index contributed by atoms with van der Waals surface area (Å²) < 4.78 is 2.41. The quantitative estimate of drug-likeness (QED) is 0.113. The Morgan fingerprint density at radius 2 is 0.586 bits per heavy atom. The van der Waals surface area contributed by atoms with E-state index in [1.54, 1.807) is 0 Å². The smallest absolute Gasteiger partial charge is 0.252 e. The van der Waals surface area contributed by atoms with E-state index in [1.807, 2.05) is 48.5 Å². The lowest BCUT2D eigenvalue weighted by Gasteiger charge is -2.45. The molecule has 562 valence electrons. The van der Waals surface area contributed by atoms with E-state index in [0.717, 1.165) is 129 Å². The highest BCUT2D eigenvalue weighted by Gasteiger charge is 2.45. The molecule has 0 N–H and O–H groups in total. The molecule has 8 nitrogen and oxygen atoms in total. The maximum atomic E-state index is 5.52. The van der Waals surface area contributed by atoms with E-state index in [4.69, 9.17) is 24.9 Å². The molecular formula is C107H91BN8. The lowest BCUT2D eigenvalue weighted by Crippen LogP contribution is -2.61. The van der Waals surface area contributed by atoms with Crippen LogP contribution in [-0.4, -0.2) is 36.2 Å². The summed E-state index contributed by atoms with van der Waals surface area (Å²) >= 11 is 0. The second-order valence-electron chi connectivity index (χ2n) is 35.4. The zero-order chi connectivity index (χ0) is 79.5. The van der Waals surface area contributed by atoms with Crippen LogP contribution in [0.1, 0.15) is 105 Å². The van der Waals surface area contributed by atoms with Gasteiger partial charge in [0.15, 0.2) is 23.3 Å². The average Bonchev–Trinajstić information content (AvgIpc) is 0.809. The number of para-hydroxylation sites is 1. The van der Waals surface area contributed by atoms with E-state index in [9.17, 15) is 0 Å². The highest BCUT2D eigenvalue weighted by Crippen LogP contribution is 2.51. The fraction of sp³-hybridized carbons (Fsp3) is 0.150. The molecule has 0 saturated heterocycles. The monoisotopic (exact) mass is 1500 g/mol. The first-order valence-electron chi connectivity index (χ1n) is 40.6. The molecule has 0 aliphatic carbocycles. The van der Waals surface area contributed by atoms with Crippen LogP contribution in [0.3, 0.4) is 0 Å². The molecule has 0 radical (unpaired) electrons. The SMILES string of the molecule is CC(C)(C)c1cc(N2c3cc(-c4ccccc4)ccc3B3c4ccc(-c5ccccc5)cc4N(c4cc(C(C)(C)C)cc(C(C)(C)C)c4)c4cc(-c5ccc6c(c5)c5ccccc5n6-c5ccc(-c6nc(-c7ccccc7)cc(-c7ccccc7)n6)cc5-c5nc(-c6ccccc6)nc(-c6ccccc6)n5)cc2c43)cc(C(C)(C)C)c1. The van der Waals surface area contributed by atoms with Crippen molar-refractivity contribution < 1.29 is 0 Å². The molecule has 0 bridgehead atoms. The second-order valence-corrected chi connectivity index (χ2v) is 35.4. The molecule has 0 atom stereocenters. The molecular weight excluding hydrogens is 1410 g/mol. The van der Waals surface area contributed by atoms with Crippen LogP contribution in [0.25, 0.3) is 129 Å². The minimum Gasteiger partial charge on any atom is -0.311 e. The zero-order valence-electron chi connectivity index (χ0n) is 67.9. The highest BCUT2D eigenvalue weighted by atomic mass is 15.2. The van der Waals surface area contributed by atoms with Gasteiger partial charge in [0.1, 0.15) is 0 Å². The van der Waals surface area contributed by atoms with E-state index in [-0.39, 0.29) is 28.4 Å². The van der Waals surface area contributed by atoms with Gasteiger partial charge in [0, 0.05) is 78.3 Å². The number of fused-ring (bicyclic) bond motifs is 7. The molecule has 14 aromatic carbocycles. The molecule has 0 spiro atoms. The van der Waals surface area contributed by atoms with Crippen LogP contribution in [0.4, 0.5) is 34.1 Å². The third kappa shape index (κ3) is 13.3. The maximum Gasteiger partial charge on any atom is 0.252 e. The number of rotatable bonds is 12. The molecule has 0 fully saturated rings. The third-order valence-electron chi connectivity index (χ3n) is 23.4. The summed E-state index contributed by atoms with van der Waals surface area (Å²) in [7, 11) is 0. The summed E-state index contributed by atoms with van der Waals surface area (Å²) in [5.74, 6) is 2.21. The Kier molecular flexibility index (Phi) is 17.8. The molecule has 17 aromatic rings. The lowest BCUT2D eigenvalue weighted by molar-refractivity contribution is 0.568. The largest absolute Gasteiger partial charge is 0.311 e. The molecule has 2 aliphatic heterocycles. The number of anilines is 6. The van der Waals surface area contributed by atoms with Crippen LogP contribution >= 0.6 is 0 Å². The Hall–Kier alpha value is -13.4. The van der Waals surface area contributed by atoms with Crippen molar-refractivity contribution in [3.05, 3.63) is 356 Å². The first-order chi connectivity index (χ1) is 56.0. The van der Waals surface area contributed by atoms with Gasteiger partial charge in [-0.2, -0.15) is 0 Å². The standard InChI is InChI=1S/C107H91BN8/c1-104(2,3)79-61-80(105(4,5)6)64-83(63-79)114-95-57-75(68-33-19-13-20-34-68)47-51-88(95)108-89-52-48-76(69-35-21-14-22-36-69)58-96(89)115(84-65-81(106(7,8)9)62-82(66-84)107(10,11)12)98-60-78(59-97(114)99(98)108)74-49-53-93-86(55-74)85-45-31-32-46-92(85)116(93)94-54-50-77(102-109-90(70-37-23-15-24-38-70)67-91(110-102)71-39-25-16-26-40-71)56-87(94)103-112-100(72-41-27-17-28-42-72)111-101(113-103)73-43-29-18-30-44-73/h13-67H,1-12H3. The van der Waals surface area contributed by atoms with Crippen molar-refractivity contribution in [3.63, 3.8) is 0 Å². The Morgan fingerprint density at radius 1 is 0.233 bits per heavy atom. The normalized spacial score (nSPS) is 12.8. The lowest BCUT2D eigenvalue weighted by atomic mass is 9.33. The fourth-order valence-corrected chi connectivity index (χ4v) is 17.0. The van der Waals surface area contributed by atoms with Gasteiger partial charge >= 0.3 is 0 Å². The van der Waals surface area contributed by atoms with Crippen molar-refractivity contribution in [2.45, 2.75) is 105 Å². The van der Waals surface area contributed by atoms with Gasteiger partial charge in [-0.25, -0.2) is 24.9 Å². The van der Waals surface area contributed by atoms with Gasteiger partial charge in [0.25, 0.3) is 6.71 Å². The summed E-state index contributed by atoms with van der Waals surface area (Å²) in [6, 6.07) is 122. The van der Waals surface area contributed by atoms with E-state index >= 15 is 0 Å². The number of benzene rings is 14. The molecule has 0 saturated carbocycles. The van der Waals surface area contributed by atoms with Crippen molar-refractivity contribution >= 4 is 79.0 Å². The minimum atomic E-state index is -0.173. The van der Waals surface area contributed by atoms with Crippen LogP contribution in [0, 0.1) is 0 Å². The van der Waals surface area contributed by atoms with Crippen LogP contribution in [-0.2, 0) is 21.7 Å². The molecule has 0 amide bonds.